The molecule has 0 bridgehead atoms. The van der Waals surface area contributed by atoms with Crippen molar-refractivity contribution in [3.63, 3.8) is 0 Å². The maximum absolute atomic E-state index is 12.6. The second-order valence-electron chi connectivity index (χ2n) is 8.99. The Hall–Kier alpha value is -3.68. The third-order valence-electron chi connectivity index (χ3n) is 6.60. The van der Waals surface area contributed by atoms with E-state index in [1.165, 1.54) is 44.1 Å². The fraction of sp³-hybridized carbons (Fsp3) is 0.385. The summed E-state index contributed by atoms with van der Waals surface area (Å²) in [5, 5.41) is 20.6. The van der Waals surface area contributed by atoms with Crippen LogP contribution in [0.2, 0.25) is 0 Å². The van der Waals surface area contributed by atoms with Crippen LogP contribution in [0.15, 0.2) is 59.1 Å². The number of amides is 1. The molecule has 8 nitrogen and oxygen atoms in total. The summed E-state index contributed by atoms with van der Waals surface area (Å²) in [7, 11) is 0. The van der Waals surface area contributed by atoms with Crippen LogP contribution in [0.1, 0.15) is 71.8 Å². The van der Waals surface area contributed by atoms with Crippen LogP contribution in [0, 0.1) is 11.8 Å². The smallest absolute Gasteiger partial charge is 0.450 e. The van der Waals surface area contributed by atoms with Gasteiger partial charge in [-0.05, 0) is 79.5 Å². The van der Waals surface area contributed by atoms with Gasteiger partial charge in [-0.3, -0.25) is 10.1 Å². The predicted molar refractivity (Wildman–Crippen MR) is 126 cm³/mol. The van der Waals surface area contributed by atoms with Gasteiger partial charge in [-0.1, -0.05) is 47.6 Å². The van der Waals surface area contributed by atoms with Crippen LogP contribution < -0.4 is 5.32 Å². The molecule has 1 amide bonds. The van der Waals surface area contributed by atoms with E-state index in [0.29, 0.717) is 23.7 Å². The van der Waals surface area contributed by atoms with E-state index in [1.54, 1.807) is 0 Å². The van der Waals surface area contributed by atoms with Gasteiger partial charge in [0.15, 0.2) is 5.82 Å². The number of carbonyl (C=O) groups excluding carboxylic acids is 1. The Labute approximate surface area is 198 Å². The van der Waals surface area contributed by atoms with Gasteiger partial charge in [0.2, 0.25) is 0 Å². The van der Waals surface area contributed by atoms with E-state index in [9.17, 15) is 4.79 Å². The molecule has 3 aromatic rings. The van der Waals surface area contributed by atoms with Crippen LogP contribution in [0.3, 0.4) is 0 Å². The van der Waals surface area contributed by atoms with Gasteiger partial charge < -0.3 is 14.7 Å². The van der Waals surface area contributed by atoms with Crippen molar-refractivity contribution in [3.05, 3.63) is 77.1 Å². The van der Waals surface area contributed by atoms with Crippen molar-refractivity contribution < 1.29 is 24.3 Å². The average molecular weight is 464 g/mol. The number of anilines is 1. The first-order chi connectivity index (χ1) is 16.5. The summed E-state index contributed by atoms with van der Waals surface area (Å²) in [6.45, 7) is 0. The molecule has 0 unspecified atom stereocenters. The maximum atomic E-state index is 12.6. The fourth-order valence-corrected chi connectivity index (χ4v) is 4.72. The van der Waals surface area contributed by atoms with E-state index in [0.717, 1.165) is 17.4 Å². The van der Waals surface area contributed by atoms with Gasteiger partial charge in [0, 0.05) is 12.0 Å². The van der Waals surface area contributed by atoms with E-state index in [2.05, 4.69) is 27.6 Å². The first-order valence-electron chi connectivity index (χ1n) is 11.7. The Kier molecular flexibility index (Phi) is 7.57. The molecular formula is C26H29N3O5. The first kappa shape index (κ1) is 23.5. The number of rotatable bonds is 6. The van der Waals surface area contributed by atoms with Crippen molar-refractivity contribution in [2.45, 2.75) is 50.9 Å². The quantitative estimate of drug-likeness (QED) is 0.420. The zero-order valence-electron chi connectivity index (χ0n) is 18.9. The Morgan fingerprint density at radius 3 is 2.06 bits per heavy atom. The SMILES string of the molecule is O=C(Nc1nc(Cc2ccccc2)no1)c1ccc(C2CCC(C3CC3)CC2)cc1.O=C(O)O. The molecule has 2 saturated carbocycles. The summed E-state index contributed by atoms with van der Waals surface area (Å²) < 4.78 is 5.19. The molecule has 178 valence electrons. The van der Waals surface area contributed by atoms with Crippen molar-refractivity contribution >= 4 is 18.1 Å². The number of benzene rings is 2. The van der Waals surface area contributed by atoms with Crippen LogP contribution in [0.25, 0.3) is 0 Å². The summed E-state index contributed by atoms with van der Waals surface area (Å²) in [6.07, 6.45) is 6.91. The zero-order chi connectivity index (χ0) is 23.9. The summed E-state index contributed by atoms with van der Waals surface area (Å²) in [4.78, 5) is 25.4. The maximum Gasteiger partial charge on any atom is 0.503 e. The molecule has 0 atom stereocenters. The van der Waals surface area contributed by atoms with Gasteiger partial charge in [-0.25, -0.2) is 4.79 Å². The Bertz CT molecular complexity index is 1080. The third-order valence-corrected chi connectivity index (χ3v) is 6.60. The van der Waals surface area contributed by atoms with Gasteiger partial charge in [-0.15, -0.1) is 0 Å². The van der Waals surface area contributed by atoms with Gasteiger partial charge in [0.25, 0.3) is 5.91 Å². The minimum atomic E-state index is -1.83. The number of aromatic nitrogens is 2. The van der Waals surface area contributed by atoms with E-state index in [1.807, 2.05) is 42.5 Å². The molecule has 2 aliphatic rings. The molecule has 1 heterocycles. The topological polar surface area (TPSA) is 126 Å². The zero-order valence-corrected chi connectivity index (χ0v) is 18.9. The minimum absolute atomic E-state index is 0.133. The number of carbonyl (C=O) groups is 2. The molecule has 1 aromatic heterocycles. The lowest BCUT2D eigenvalue weighted by atomic mass is 9.77. The highest BCUT2D eigenvalue weighted by Gasteiger charge is 2.34. The first-order valence-corrected chi connectivity index (χ1v) is 11.7. The molecule has 0 radical (unpaired) electrons. The van der Waals surface area contributed by atoms with Crippen LogP contribution in [-0.4, -0.2) is 32.4 Å². The molecule has 5 rings (SSSR count). The molecule has 34 heavy (non-hydrogen) atoms. The second kappa shape index (κ2) is 11.0. The summed E-state index contributed by atoms with van der Waals surface area (Å²) in [5.74, 6) is 2.94. The van der Waals surface area contributed by atoms with Gasteiger partial charge in [0.1, 0.15) is 0 Å². The Morgan fingerprint density at radius 1 is 0.882 bits per heavy atom. The molecule has 0 aliphatic heterocycles. The van der Waals surface area contributed by atoms with E-state index in [-0.39, 0.29) is 11.9 Å². The number of hydrogen-bond acceptors (Lipinski definition) is 5. The van der Waals surface area contributed by atoms with Gasteiger partial charge in [-0.2, -0.15) is 4.98 Å². The Morgan fingerprint density at radius 2 is 1.47 bits per heavy atom. The van der Waals surface area contributed by atoms with Gasteiger partial charge >= 0.3 is 12.2 Å². The van der Waals surface area contributed by atoms with Crippen LogP contribution >= 0.6 is 0 Å². The molecule has 2 aliphatic carbocycles. The number of hydrogen-bond donors (Lipinski definition) is 3. The largest absolute Gasteiger partial charge is 0.503 e. The molecule has 3 N–H and O–H groups in total. The van der Waals surface area contributed by atoms with Crippen molar-refractivity contribution in [1.29, 1.82) is 0 Å². The van der Waals surface area contributed by atoms with Crippen molar-refractivity contribution in [3.8, 4) is 0 Å². The highest BCUT2D eigenvalue weighted by Crippen LogP contribution is 2.47. The summed E-state index contributed by atoms with van der Waals surface area (Å²) in [6, 6.07) is 18.1. The van der Waals surface area contributed by atoms with E-state index < -0.39 is 6.16 Å². The molecule has 0 spiro atoms. The molecule has 0 saturated heterocycles. The summed E-state index contributed by atoms with van der Waals surface area (Å²) >= 11 is 0. The summed E-state index contributed by atoms with van der Waals surface area (Å²) in [5.41, 5.74) is 3.05. The molecular weight excluding hydrogens is 434 g/mol. The highest BCUT2D eigenvalue weighted by atomic mass is 16.6. The van der Waals surface area contributed by atoms with E-state index >= 15 is 0 Å². The van der Waals surface area contributed by atoms with Crippen molar-refractivity contribution in [1.82, 2.24) is 10.1 Å². The monoisotopic (exact) mass is 463 g/mol. The highest BCUT2D eigenvalue weighted by molar-refractivity contribution is 6.03. The lowest BCUT2D eigenvalue weighted by Crippen LogP contribution is -2.15. The number of nitrogens with zero attached hydrogens (tertiary/aromatic N) is 2. The van der Waals surface area contributed by atoms with Crippen molar-refractivity contribution in [2.24, 2.45) is 11.8 Å². The molecule has 8 heteroatoms. The van der Waals surface area contributed by atoms with Crippen LogP contribution in [-0.2, 0) is 6.42 Å². The third kappa shape index (κ3) is 6.66. The second-order valence-corrected chi connectivity index (χ2v) is 8.99. The van der Waals surface area contributed by atoms with E-state index in [4.69, 9.17) is 19.5 Å². The normalized spacial score (nSPS) is 19.5. The van der Waals surface area contributed by atoms with Crippen LogP contribution in [0.5, 0.6) is 0 Å². The predicted octanol–water partition coefficient (Wildman–Crippen LogP) is 5.82. The lowest BCUT2D eigenvalue weighted by molar-refractivity contribution is 0.102. The molecule has 2 aromatic carbocycles. The lowest BCUT2D eigenvalue weighted by Gasteiger charge is -2.28. The number of nitrogens with one attached hydrogen (secondary N) is 1. The fourth-order valence-electron chi connectivity index (χ4n) is 4.72. The number of carboxylic acid groups (broad SMARTS) is 2. The van der Waals surface area contributed by atoms with Crippen molar-refractivity contribution in [2.75, 3.05) is 5.32 Å². The van der Waals surface area contributed by atoms with Crippen LogP contribution in [0.4, 0.5) is 10.8 Å². The molecule has 2 fully saturated rings. The standard InChI is InChI=1S/C25H27N3O2.CH2O3/c29-24(27-25-26-23(28-30-25)16-17-4-2-1-3-5-17)22-14-12-21(13-15-22)20-10-8-19(9-11-20)18-6-7-18;2-1(3)4/h1-5,12-15,18-20H,6-11,16H2,(H,26,27,28,29);(H2,2,3,4). The van der Waals surface area contributed by atoms with Gasteiger partial charge in [0.05, 0.1) is 0 Å². The average Bonchev–Trinajstić information content (AvgIpc) is 3.60. The minimum Gasteiger partial charge on any atom is -0.450 e. The Balaban J connectivity index is 0.000000636.